The van der Waals surface area contributed by atoms with E-state index in [0.717, 1.165) is 15.6 Å². The molecular weight excluding hydrogens is 469 g/mol. The van der Waals surface area contributed by atoms with Crippen LogP contribution in [0.3, 0.4) is 0 Å². The zero-order valence-electron chi connectivity index (χ0n) is 15.8. The Kier molecular flexibility index (Phi) is 6.07. The van der Waals surface area contributed by atoms with Gasteiger partial charge in [-0.15, -0.1) is 0 Å². The highest BCUT2D eigenvalue weighted by Crippen LogP contribution is 2.26. The van der Waals surface area contributed by atoms with Crippen LogP contribution >= 0.6 is 22.6 Å². The van der Waals surface area contributed by atoms with Crippen LogP contribution in [0.15, 0.2) is 54.6 Å². The van der Waals surface area contributed by atoms with Gasteiger partial charge >= 0.3 is 5.97 Å². The van der Waals surface area contributed by atoms with Crippen LogP contribution in [0.25, 0.3) is 5.57 Å². The molecule has 0 aliphatic carbocycles. The number of carboxylic acids is 1. The lowest BCUT2D eigenvalue weighted by atomic mass is 9.99. The SMILES string of the molecule is CC(C)(Oc1ccc(C2=CCN(C(=O)c3ccc(I)cc3)CC2)cc1)C(=O)O. The molecule has 146 valence electrons. The highest BCUT2D eigenvalue weighted by atomic mass is 127. The molecule has 1 heterocycles. The maximum absolute atomic E-state index is 12.6. The number of nitrogens with zero attached hydrogens (tertiary/aromatic N) is 1. The Morgan fingerprint density at radius 3 is 2.25 bits per heavy atom. The molecule has 0 bridgehead atoms. The molecule has 5 nitrogen and oxygen atoms in total. The van der Waals surface area contributed by atoms with E-state index in [9.17, 15) is 9.59 Å². The molecule has 6 heteroatoms. The molecule has 0 saturated carbocycles. The summed E-state index contributed by atoms with van der Waals surface area (Å²) in [5.41, 5.74) is 1.67. The normalized spacial score (nSPS) is 14.4. The third-order valence-corrected chi connectivity index (χ3v) is 5.42. The van der Waals surface area contributed by atoms with Gasteiger partial charge in [0.1, 0.15) is 5.75 Å². The number of hydrogen-bond donors (Lipinski definition) is 1. The van der Waals surface area contributed by atoms with Gasteiger partial charge in [-0.05, 0) is 90.4 Å². The van der Waals surface area contributed by atoms with Crippen molar-refractivity contribution >= 4 is 40.0 Å². The van der Waals surface area contributed by atoms with E-state index in [4.69, 9.17) is 9.84 Å². The highest BCUT2D eigenvalue weighted by Gasteiger charge is 2.29. The molecule has 2 aromatic rings. The first-order valence-electron chi connectivity index (χ1n) is 9.03. The first kappa shape index (κ1) is 20.4. The van der Waals surface area contributed by atoms with Crippen LogP contribution in [0.2, 0.25) is 0 Å². The van der Waals surface area contributed by atoms with E-state index in [0.29, 0.717) is 24.4 Å². The van der Waals surface area contributed by atoms with Crippen LogP contribution in [0, 0.1) is 3.57 Å². The van der Waals surface area contributed by atoms with E-state index in [-0.39, 0.29) is 5.91 Å². The topological polar surface area (TPSA) is 66.8 Å². The third kappa shape index (κ3) is 4.73. The molecule has 28 heavy (non-hydrogen) atoms. The van der Waals surface area contributed by atoms with E-state index in [1.54, 1.807) is 12.1 Å². The Balaban J connectivity index is 1.65. The van der Waals surface area contributed by atoms with Crippen molar-refractivity contribution in [2.45, 2.75) is 25.9 Å². The largest absolute Gasteiger partial charge is 0.478 e. The minimum atomic E-state index is -1.28. The summed E-state index contributed by atoms with van der Waals surface area (Å²) in [6.07, 6.45) is 2.85. The quantitative estimate of drug-likeness (QED) is 0.628. The van der Waals surface area contributed by atoms with Crippen LogP contribution in [0.4, 0.5) is 0 Å². The fourth-order valence-corrected chi connectivity index (χ4v) is 3.33. The number of carboxylic acid groups (broad SMARTS) is 1. The van der Waals surface area contributed by atoms with Gasteiger partial charge in [-0.1, -0.05) is 18.2 Å². The second-order valence-electron chi connectivity index (χ2n) is 7.18. The van der Waals surface area contributed by atoms with Crippen LogP contribution in [0.1, 0.15) is 36.2 Å². The average Bonchev–Trinajstić information content (AvgIpc) is 2.68. The predicted octanol–water partition coefficient (Wildman–Crippen LogP) is 4.46. The van der Waals surface area contributed by atoms with Crippen LogP contribution in [0.5, 0.6) is 5.75 Å². The van der Waals surface area contributed by atoms with Crippen molar-refractivity contribution in [2.24, 2.45) is 0 Å². The number of ether oxygens (including phenoxy) is 1. The Hall–Kier alpha value is -2.35. The molecule has 1 amide bonds. The Bertz CT molecular complexity index is 901. The van der Waals surface area contributed by atoms with Crippen molar-refractivity contribution in [3.63, 3.8) is 0 Å². The predicted molar refractivity (Wildman–Crippen MR) is 116 cm³/mol. The lowest BCUT2D eigenvalue weighted by Crippen LogP contribution is -2.37. The van der Waals surface area contributed by atoms with E-state index in [1.807, 2.05) is 41.3 Å². The zero-order valence-corrected chi connectivity index (χ0v) is 18.0. The zero-order chi connectivity index (χ0) is 20.3. The molecule has 1 N–H and O–H groups in total. The second kappa shape index (κ2) is 8.34. The number of rotatable bonds is 5. The fraction of sp³-hybridized carbons (Fsp3) is 0.273. The number of amides is 1. The van der Waals surface area contributed by atoms with Gasteiger partial charge in [-0.25, -0.2) is 4.79 Å². The van der Waals surface area contributed by atoms with E-state index in [2.05, 4.69) is 28.7 Å². The van der Waals surface area contributed by atoms with Gasteiger partial charge in [-0.3, -0.25) is 4.79 Å². The number of halogens is 1. The van der Waals surface area contributed by atoms with E-state index < -0.39 is 11.6 Å². The van der Waals surface area contributed by atoms with Gasteiger partial charge in [0.2, 0.25) is 0 Å². The summed E-state index contributed by atoms with van der Waals surface area (Å²) in [5.74, 6) is -0.445. The van der Waals surface area contributed by atoms with Crippen molar-refractivity contribution in [1.82, 2.24) is 4.90 Å². The maximum Gasteiger partial charge on any atom is 0.347 e. The van der Waals surface area contributed by atoms with Crippen molar-refractivity contribution in [3.05, 3.63) is 69.3 Å². The Labute approximate surface area is 178 Å². The van der Waals surface area contributed by atoms with Crippen molar-refractivity contribution in [3.8, 4) is 5.75 Å². The minimum absolute atomic E-state index is 0.0475. The highest BCUT2D eigenvalue weighted by molar-refractivity contribution is 14.1. The van der Waals surface area contributed by atoms with Crippen LogP contribution in [-0.2, 0) is 4.79 Å². The third-order valence-electron chi connectivity index (χ3n) is 4.70. The number of carbonyl (C=O) groups is 2. The van der Waals surface area contributed by atoms with Gasteiger partial charge in [0.25, 0.3) is 5.91 Å². The lowest BCUT2D eigenvalue weighted by molar-refractivity contribution is -0.152. The molecule has 0 fully saturated rings. The number of aliphatic carboxylic acids is 1. The molecule has 2 aromatic carbocycles. The van der Waals surface area contributed by atoms with Gasteiger partial charge < -0.3 is 14.7 Å². The molecule has 3 rings (SSSR count). The maximum atomic E-state index is 12.6. The summed E-state index contributed by atoms with van der Waals surface area (Å²) in [5, 5.41) is 9.16. The molecule has 0 unspecified atom stereocenters. The average molecular weight is 491 g/mol. The molecule has 0 aromatic heterocycles. The van der Waals surface area contributed by atoms with Crippen LogP contribution < -0.4 is 4.74 Å². The molecule has 0 radical (unpaired) electrons. The van der Waals surface area contributed by atoms with E-state index in [1.165, 1.54) is 19.4 Å². The monoisotopic (exact) mass is 491 g/mol. The lowest BCUT2D eigenvalue weighted by Gasteiger charge is -2.27. The van der Waals surface area contributed by atoms with Crippen LogP contribution in [-0.4, -0.2) is 40.6 Å². The number of carbonyl (C=O) groups excluding carboxylic acids is 1. The van der Waals surface area contributed by atoms with Gasteiger partial charge in [0.15, 0.2) is 5.60 Å². The van der Waals surface area contributed by atoms with Crippen molar-refractivity contribution in [1.29, 1.82) is 0 Å². The molecule has 0 atom stereocenters. The smallest absolute Gasteiger partial charge is 0.347 e. The molecular formula is C22H22INO4. The van der Waals surface area contributed by atoms with Gasteiger partial charge in [0.05, 0.1) is 0 Å². The Morgan fingerprint density at radius 2 is 1.71 bits per heavy atom. The molecule has 0 saturated heterocycles. The minimum Gasteiger partial charge on any atom is -0.478 e. The molecule has 0 spiro atoms. The standard InChI is InChI=1S/C22H22INO4/c1-22(2,21(26)27)28-19-9-5-15(6-10-19)16-11-13-24(14-12-16)20(25)17-3-7-18(23)8-4-17/h3-11H,12-14H2,1-2H3,(H,26,27). The summed E-state index contributed by atoms with van der Waals surface area (Å²) in [6, 6.07) is 15.0. The first-order chi connectivity index (χ1) is 13.3. The summed E-state index contributed by atoms with van der Waals surface area (Å²) >= 11 is 2.22. The number of hydrogen-bond acceptors (Lipinski definition) is 3. The fourth-order valence-electron chi connectivity index (χ4n) is 2.97. The number of benzene rings is 2. The van der Waals surface area contributed by atoms with Crippen molar-refractivity contribution < 1.29 is 19.4 Å². The van der Waals surface area contributed by atoms with E-state index >= 15 is 0 Å². The summed E-state index contributed by atoms with van der Waals surface area (Å²) < 4.78 is 6.64. The summed E-state index contributed by atoms with van der Waals surface area (Å²) in [6.45, 7) is 4.28. The summed E-state index contributed by atoms with van der Waals surface area (Å²) in [7, 11) is 0. The Morgan fingerprint density at radius 1 is 1.07 bits per heavy atom. The molecule has 1 aliphatic heterocycles. The van der Waals surface area contributed by atoms with Gasteiger partial charge in [-0.2, -0.15) is 0 Å². The van der Waals surface area contributed by atoms with Crippen molar-refractivity contribution in [2.75, 3.05) is 13.1 Å². The molecule has 1 aliphatic rings. The summed E-state index contributed by atoms with van der Waals surface area (Å²) in [4.78, 5) is 25.6. The first-order valence-corrected chi connectivity index (χ1v) is 10.1. The van der Waals surface area contributed by atoms with Gasteiger partial charge in [0, 0.05) is 22.2 Å². The second-order valence-corrected chi connectivity index (χ2v) is 8.42.